The molecule has 0 radical (unpaired) electrons. The van der Waals surface area contributed by atoms with E-state index >= 15 is 0 Å². The number of benzene rings is 2. The van der Waals surface area contributed by atoms with Crippen molar-refractivity contribution in [2.24, 2.45) is 0 Å². The summed E-state index contributed by atoms with van der Waals surface area (Å²) in [6.45, 7) is 1.89. The first-order valence-electron chi connectivity index (χ1n) is 8.07. The van der Waals surface area contributed by atoms with Gasteiger partial charge in [0.2, 0.25) is 0 Å². The number of hydrogen-bond acceptors (Lipinski definition) is 5. The molecule has 26 heavy (non-hydrogen) atoms. The van der Waals surface area contributed by atoms with Crippen molar-refractivity contribution >= 4 is 5.97 Å². The van der Waals surface area contributed by atoms with E-state index in [2.05, 4.69) is 11.2 Å². The molecule has 1 heterocycles. The zero-order chi connectivity index (χ0) is 18.5. The van der Waals surface area contributed by atoms with Gasteiger partial charge in [-0.05, 0) is 24.6 Å². The normalized spacial score (nSPS) is 10.2. The minimum Gasteiger partial charge on any atom is -0.461 e. The van der Waals surface area contributed by atoms with Gasteiger partial charge in [0.1, 0.15) is 11.6 Å². The van der Waals surface area contributed by atoms with Crippen LogP contribution < -0.4 is 5.49 Å². The zero-order valence-electron chi connectivity index (χ0n) is 14.1. The Morgan fingerprint density at radius 2 is 1.77 bits per heavy atom. The van der Waals surface area contributed by atoms with E-state index < -0.39 is 5.97 Å². The van der Waals surface area contributed by atoms with E-state index in [1.54, 1.807) is 55.5 Å². The van der Waals surface area contributed by atoms with Crippen molar-refractivity contribution in [3.8, 4) is 22.9 Å². The number of nitrogens with one attached hydrogen (secondary N) is 1. The molecule has 0 spiro atoms. The van der Waals surface area contributed by atoms with E-state index in [1.165, 1.54) is 4.68 Å². The van der Waals surface area contributed by atoms with Crippen LogP contribution in [0.3, 0.4) is 0 Å². The first-order chi connectivity index (χ1) is 12.7. The molecule has 0 saturated carbocycles. The maximum absolute atomic E-state index is 12.5. The van der Waals surface area contributed by atoms with Crippen molar-refractivity contribution in [1.82, 2.24) is 9.78 Å². The second-order valence-corrected chi connectivity index (χ2v) is 5.39. The number of carbonyl (C=O) groups excluding carboxylic acids is 1. The largest absolute Gasteiger partial charge is 0.461 e. The quantitative estimate of drug-likeness (QED) is 0.736. The topological polar surface area (TPSA) is 91.8 Å². The van der Waals surface area contributed by atoms with Gasteiger partial charge < -0.3 is 4.74 Å². The number of aromatic nitrogens is 2. The number of carbonyl (C=O) groups is 1. The van der Waals surface area contributed by atoms with Crippen LogP contribution in [0.2, 0.25) is 0 Å². The minimum atomic E-state index is -0.632. The van der Waals surface area contributed by atoms with Gasteiger partial charge in [0.05, 0.1) is 12.3 Å². The van der Waals surface area contributed by atoms with E-state index in [0.717, 1.165) is 0 Å². The molecule has 0 saturated heterocycles. The summed E-state index contributed by atoms with van der Waals surface area (Å²) >= 11 is 0. The van der Waals surface area contributed by atoms with Crippen molar-refractivity contribution in [2.75, 3.05) is 6.61 Å². The molecule has 0 aliphatic heterocycles. The van der Waals surface area contributed by atoms with E-state index in [0.29, 0.717) is 16.8 Å². The summed E-state index contributed by atoms with van der Waals surface area (Å²) in [5.41, 5.74) is 1.51. The first-order valence-corrected chi connectivity index (χ1v) is 8.07. The van der Waals surface area contributed by atoms with Crippen LogP contribution in [0.1, 0.15) is 23.0 Å². The third kappa shape index (κ3) is 3.10. The molecule has 0 aliphatic carbocycles. The predicted molar refractivity (Wildman–Crippen MR) is 95.5 cm³/mol. The van der Waals surface area contributed by atoms with E-state index in [9.17, 15) is 10.1 Å². The van der Waals surface area contributed by atoms with Gasteiger partial charge in [0, 0.05) is 5.56 Å². The second kappa shape index (κ2) is 7.45. The van der Waals surface area contributed by atoms with Gasteiger partial charge in [0.15, 0.2) is 11.2 Å². The van der Waals surface area contributed by atoms with Gasteiger partial charge in [-0.2, -0.15) is 10.4 Å². The lowest BCUT2D eigenvalue weighted by Crippen LogP contribution is -2.28. The standard InChI is InChI=1S/C20H16N4O2/c1-2-26-20(25)18-17(14-9-5-3-6-10-14)16(13-21)19(22)24(23-18)15-11-7-4-8-12-15/h3-12,22H,2H2,1H3. The van der Waals surface area contributed by atoms with Crippen molar-refractivity contribution in [3.05, 3.63) is 77.4 Å². The van der Waals surface area contributed by atoms with Crippen molar-refractivity contribution in [3.63, 3.8) is 0 Å². The average molecular weight is 344 g/mol. The lowest BCUT2D eigenvalue weighted by molar-refractivity contribution is 0.0518. The highest BCUT2D eigenvalue weighted by atomic mass is 16.5. The number of esters is 1. The third-order valence-electron chi connectivity index (χ3n) is 3.78. The first kappa shape index (κ1) is 17.1. The van der Waals surface area contributed by atoms with Crippen molar-refractivity contribution in [1.29, 1.82) is 10.7 Å². The molecule has 3 rings (SSSR count). The van der Waals surface area contributed by atoms with Gasteiger partial charge in [-0.3, -0.25) is 5.41 Å². The number of nitriles is 1. The SMILES string of the molecule is CCOC(=O)c1nn(-c2ccccc2)c(=N)c(C#N)c1-c1ccccc1. The number of ether oxygens (including phenoxy) is 1. The summed E-state index contributed by atoms with van der Waals surface area (Å²) in [5.74, 6) is -0.632. The molecule has 0 bridgehead atoms. The molecule has 2 aromatic carbocycles. The van der Waals surface area contributed by atoms with Gasteiger partial charge in [0.25, 0.3) is 0 Å². The Morgan fingerprint density at radius 1 is 1.15 bits per heavy atom. The molecule has 0 atom stereocenters. The Bertz CT molecular complexity index is 1040. The van der Waals surface area contributed by atoms with Crippen LogP contribution >= 0.6 is 0 Å². The molecule has 0 unspecified atom stereocenters. The number of hydrogen-bond donors (Lipinski definition) is 1. The van der Waals surface area contributed by atoms with Crippen LogP contribution in [0.25, 0.3) is 16.8 Å². The molecule has 3 aromatic rings. The van der Waals surface area contributed by atoms with Crippen LogP contribution in [0.15, 0.2) is 60.7 Å². The summed E-state index contributed by atoms with van der Waals surface area (Å²) in [4.78, 5) is 12.5. The molecular weight excluding hydrogens is 328 g/mol. The second-order valence-electron chi connectivity index (χ2n) is 5.39. The fourth-order valence-electron chi connectivity index (χ4n) is 2.64. The molecule has 0 aliphatic rings. The Balaban J connectivity index is 2.37. The smallest absolute Gasteiger partial charge is 0.359 e. The van der Waals surface area contributed by atoms with Crippen molar-refractivity contribution < 1.29 is 9.53 Å². The number of rotatable bonds is 4. The van der Waals surface area contributed by atoms with E-state index in [-0.39, 0.29) is 23.4 Å². The molecular formula is C20H16N4O2. The fraction of sp³-hybridized carbons (Fsp3) is 0.100. The highest BCUT2D eigenvalue weighted by molar-refractivity contribution is 5.96. The monoisotopic (exact) mass is 344 g/mol. The summed E-state index contributed by atoms with van der Waals surface area (Å²) in [5, 5.41) is 22.5. The lowest BCUT2D eigenvalue weighted by Gasteiger charge is -2.14. The van der Waals surface area contributed by atoms with Gasteiger partial charge >= 0.3 is 5.97 Å². The van der Waals surface area contributed by atoms with Gasteiger partial charge in [-0.25, -0.2) is 9.48 Å². The van der Waals surface area contributed by atoms with Crippen LogP contribution in [-0.2, 0) is 4.74 Å². The van der Waals surface area contributed by atoms with Crippen LogP contribution in [-0.4, -0.2) is 22.4 Å². The predicted octanol–water partition coefficient (Wildman–Crippen LogP) is 3.07. The van der Waals surface area contributed by atoms with Crippen LogP contribution in [0, 0.1) is 16.7 Å². The van der Waals surface area contributed by atoms with E-state index in [1.807, 2.05) is 12.1 Å². The highest BCUT2D eigenvalue weighted by Gasteiger charge is 2.23. The molecule has 6 nitrogen and oxygen atoms in total. The van der Waals surface area contributed by atoms with E-state index in [4.69, 9.17) is 10.1 Å². The fourth-order valence-corrected chi connectivity index (χ4v) is 2.64. The molecule has 0 amide bonds. The molecule has 6 heteroatoms. The molecule has 0 fully saturated rings. The van der Waals surface area contributed by atoms with Crippen LogP contribution in [0.4, 0.5) is 0 Å². The van der Waals surface area contributed by atoms with Gasteiger partial charge in [-0.15, -0.1) is 0 Å². The summed E-state index contributed by atoms with van der Waals surface area (Å²) < 4.78 is 6.41. The molecule has 1 N–H and O–H groups in total. The Kier molecular flexibility index (Phi) is 4.90. The summed E-state index contributed by atoms with van der Waals surface area (Å²) in [6, 6.07) is 20.0. The molecule has 128 valence electrons. The maximum atomic E-state index is 12.5. The number of para-hydroxylation sites is 1. The van der Waals surface area contributed by atoms with Crippen molar-refractivity contribution in [2.45, 2.75) is 6.92 Å². The highest BCUT2D eigenvalue weighted by Crippen LogP contribution is 2.25. The van der Waals surface area contributed by atoms with Gasteiger partial charge in [-0.1, -0.05) is 48.5 Å². The third-order valence-corrected chi connectivity index (χ3v) is 3.78. The zero-order valence-corrected chi connectivity index (χ0v) is 14.1. The average Bonchev–Trinajstić information content (AvgIpc) is 2.69. The Hall–Kier alpha value is -3.72. The molecule has 1 aromatic heterocycles. The minimum absolute atomic E-state index is 0.00875. The summed E-state index contributed by atoms with van der Waals surface area (Å²) in [6.07, 6.45) is 0. The Morgan fingerprint density at radius 3 is 2.35 bits per heavy atom. The maximum Gasteiger partial charge on any atom is 0.359 e. The summed E-state index contributed by atoms with van der Waals surface area (Å²) in [7, 11) is 0. The Labute approximate surface area is 150 Å². The number of nitrogens with zero attached hydrogens (tertiary/aromatic N) is 3. The lowest BCUT2D eigenvalue weighted by atomic mass is 9.99. The van der Waals surface area contributed by atoms with Crippen LogP contribution in [0.5, 0.6) is 0 Å².